The van der Waals surface area contributed by atoms with E-state index in [1.165, 1.54) is 0 Å². The molecule has 2 rings (SSSR count). The monoisotopic (exact) mass is 459 g/mol. The number of amides is 1. The molecule has 6 heteroatoms. The van der Waals surface area contributed by atoms with Gasteiger partial charge in [-0.15, -0.1) is 0 Å². The Labute approximate surface area is 199 Å². The van der Waals surface area contributed by atoms with Crippen molar-refractivity contribution >= 4 is 12.1 Å². The van der Waals surface area contributed by atoms with E-state index in [0.29, 0.717) is 32.5 Å². The van der Waals surface area contributed by atoms with Crippen LogP contribution in [0.25, 0.3) is 0 Å². The number of cyclic esters (lactones) is 1. The van der Waals surface area contributed by atoms with Crippen molar-refractivity contribution in [2.24, 2.45) is 11.3 Å². The molecule has 0 spiro atoms. The molecule has 0 radical (unpaired) electrons. The van der Waals surface area contributed by atoms with Crippen LogP contribution in [0, 0.1) is 11.3 Å². The highest BCUT2D eigenvalue weighted by Gasteiger charge is 2.41. The summed E-state index contributed by atoms with van der Waals surface area (Å²) in [5.74, 6) is -0.371. The number of hydrogen-bond donors (Lipinski definition) is 1. The van der Waals surface area contributed by atoms with Gasteiger partial charge in [-0.1, -0.05) is 56.3 Å². The second kappa shape index (κ2) is 12.2. The van der Waals surface area contributed by atoms with Crippen LogP contribution in [0.5, 0.6) is 0 Å². The standard InChI is InChI=1S/C27H41NO5/c1-7-8-14-21-17-23(32-24(21)29)22(28-25(30)33-26(2,3)4)18-27(5,6)15-16-31-19-20-12-10-9-11-13-20/h7-13,21-23H,14-19H2,1-6H3,(H,28,30)/t21-,22+,23+/m1/s1. The minimum absolute atomic E-state index is 0.135. The smallest absolute Gasteiger partial charge is 0.408 e. The number of alkyl carbamates (subject to hydrolysis) is 1. The first-order chi connectivity index (χ1) is 15.5. The van der Waals surface area contributed by atoms with Crippen LogP contribution in [-0.2, 0) is 25.6 Å². The normalized spacial score (nSPS) is 20.0. The molecule has 1 N–H and O–H groups in total. The lowest BCUT2D eigenvalue weighted by atomic mass is 9.80. The minimum atomic E-state index is -0.601. The van der Waals surface area contributed by atoms with E-state index in [0.717, 1.165) is 12.0 Å². The van der Waals surface area contributed by atoms with Gasteiger partial charge in [-0.2, -0.15) is 0 Å². The Balaban J connectivity index is 1.99. The van der Waals surface area contributed by atoms with E-state index in [-0.39, 0.29) is 29.4 Å². The predicted octanol–water partition coefficient (Wildman–Crippen LogP) is 5.80. The van der Waals surface area contributed by atoms with Crippen LogP contribution in [-0.4, -0.2) is 36.4 Å². The lowest BCUT2D eigenvalue weighted by Crippen LogP contribution is -2.47. The zero-order chi connectivity index (χ0) is 24.5. The quantitative estimate of drug-likeness (QED) is 0.257. The molecule has 0 bridgehead atoms. The Bertz CT molecular complexity index is 781. The molecule has 1 amide bonds. The Morgan fingerprint density at radius 1 is 1.21 bits per heavy atom. The summed E-state index contributed by atoms with van der Waals surface area (Å²) in [6, 6.07) is 9.76. The van der Waals surface area contributed by atoms with Gasteiger partial charge >= 0.3 is 12.1 Å². The summed E-state index contributed by atoms with van der Waals surface area (Å²) >= 11 is 0. The molecular weight excluding hydrogens is 418 g/mol. The summed E-state index contributed by atoms with van der Waals surface area (Å²) in [6.07, 6.45) is 5.77. The van der Waals surface area contributed by atoms with Crippen LogP contribution in [0.3, 0.4) is 0 Å². The highest BCUT2D eigenvalue weighted by Crippen LogP contribution is 2.34. The summed E-state index contributed by atoms with van der Waals surface area (Å²) in [6.45, 7) is 12.9. The molecule has 1 saturated heterocycles. The van der Waals surface area contributed by atoms with Crippen molar-refractivity contribution in [3.63, 3.8) is 0 Å². The van der Waals surface area contributed by atoms with E-state index in [2.05, 4.69) is 19.2 Å². The molecule has 1 aliphatic rings. The fourth-order valence-electron chi connectivity index (χ4n) is 3.95. The van der Waals surface area contributed by atoms with Crippen LogP contribution >= 0.6 is 0 Å². The molecule has 33 heavy (non-hydrogen) atoms. The lowest BCUT2D eigenvalue weighted by molar-refractivity contribution is -0.145. The van der Waals surface area contributed by atoms with E-state index in [1.54, 1.807) is 0 Å². The second-order valence-electron chi connectivity index (χ2n) is 10.6. The minimum Gasteiger partial charge on any atom is -0.460 e. The maximum absolute atomic E-state index is 12.6. The number of esters is 1. The van der Waals surface area contributed by atoms with E-state index in [9.17, 15) is 9.59 Å². The van der Waals surface area contributed by atoms with E-state index >= 15 is 0 Å². The molecule has 0 aliphatic carbocycles. The molecule has 1 aliphatic heterocycles. The third-order valence-corrected chi connectivity index (χ3v) is 5.73. The van der Waals surface area contributed by atoms with Crippen molar-refractivity contribution in [2.45, 2.75) is 91.6 Å². The van der Waals surface area contributed by atoms with Crippen molar-refractivity contribution in [3.8, 4) is 0 Å². The average molecular weight is 460 g/mol. The predicted molar refractivity (Wildman–Crippen MR) is 130 cm³/mol. The van der Waals surface area contributed by atoms with Gasteiger partial charge in [0, 0.05) is 6.61 Å². The maximum Gasteiger partial charge on any atom is 0.408 e. The van der Waals surface area contributed by atoms with Crippen LogP contribution < -0.4 is 5.32 Å². The van der Waals surface area contributed by atoms with Crippen LogP contribution in [0.4, 0.5) is 4.79 Å². The first-order valence-electron chi connectivity index (χ1n) is 11.9. The number of benzene rings is 1. The van der Waals surface area contributed by atoms with Gasteiger partial charge in [0.15, 0.2) is 0 Å². The summed E-state index contributed by atoms with van der Waals surface area (Å²) in [5.41, 5.74) is 0.408. The molecule has 1 aromatic carbocycles. The van der Waals surface area contributed by atoms with Crippen LogP contribution in [0.2, 0.25) is 0 Å². The molecule has 1 aromatic rings. The molecule has 1 fully saturated rings. The molecule has 1 heterocycles. The summed E-state index contributed by atoms with van der Waals surface area (Å²) < 4.78 is 17.1. The zero-order valence-electron chi connectivity index (χ0n) is 21.1. The number of allylic oxidation sites excluding steroid dienone is 2. The number of carbonyl (C=O) groups excluding carboxylic acids is 2. The number of carbonyl (C=O) groups is 2. The fourth-order valence-corrected chi connectivity index (χ4v) is 3.95. The van der Waals surface area contributed by atoms with E-state index < -0.39 is 11.7 Å². The van der Waals surface area contributed by atoms with Crippen LogP contribution in [0.15, 0.2) is 42.5 Å². The van der Waals surface area contributed by atoms with Crippen molar-refractivity contribution in [1.29, 1.82) is 0 Å². The molecule has 184 valence electrons. The Kier molecular flexibility index (Phi) is 9.96. The third-order valence-electron chi connectivity index (χ3n) is 5.73. The van der Waals surface area contributed by atoms with E-state index in [4.69, 9.17) is 14.2 Å². The molecule has 0 aromatic heterocycles. The topological polar surface area (TPSA) is 73.9 Å². The summed E-state index contributed by atoms with van der Waals surface area (Å²) in [5, 5.41) is 2.99. The first kappa shape index (κ1) is 26.9. The van der Waals surface area contributed by atoms with Gasteiger partial charge in [0.05, 0.1) is 18.6 Å². The third kappa shape index (κ3) is 9.99. The Morgan fingerprint density at radius 2 is 1.91 bits per heavy atom. The molecule has 0 saturated carbocycles. The van der Waals surface area contributed by atoms with Gasteiger partial charge in [-0.3, -0.25) is 4.79 Å². The maximum atomic E-state index is 12.6. The van der Waals surface area contributed by atoms with Gasteiger partial charge < -0.3 is 19.5 Å². The van der Waals surface area contributed by atoms with Gasteiger partial charge in [0.1, 0.15) is 11.7 Å². The highest BCUT2D eigenvalue weighted by molar-refractivity contribution is 5.75. The number of rotatable bonds is 11. The largest absolute Gasteiger partial charge is 0.460 e. The fraction of sp³-hybridized carbons (Fsp3) is 0.630. The average Bonchev–Trinajstić information content (AvgIpc) is 3.09. The van der Waals surface area contributed by atoms with E-state index in [1.807, 2.05) is 70.2 Å². The second-order valence-corrected chi connectivity index (χ2v) is 10.6. The summed E-state index contributed by atoms with van der Waals surface area (Å²) in [7, 11) is 0. The Hall–Kier alpha value is -2.34. The zero-order valence-corrected chi connectivity index (χ0v) is 21.1. The van der Waals surface area contributed by atoms with Crippen molar-refractivity contribution in [3.05, 3.63) is 48.0 Å². The molecule has 6 nitrogen and oxygen atoms in total. The van der Waals surface area contributed by atoms with Crippen LogP contribution in [0.1, 0.15) is 72.8 Å². The number of ether oxygens (including phenoxy) is 3. The number of nitrogens with one attached hydrogen (secondary N) is 1. The summed E-state index contributed by atoms with van der Waals surface area (Å²) in [4.78, 5) is 25.0. The van der Waals surface area contributed by atoms with Crippen molar-refractivity contribution < 1.29 is 23.8 Å². The van der Waals surface area contributed by atoms with Gasteiger partial charge in [-0.25, -0.2) is 4.79 Å². The molecule has 3 atom stereocenters. The SMILES string of the molecule is CC=CC[C@@H]1C[C@@H]([C@H](CC(C)(C)CCOCc2ccccc2)NC(=O)OC(C)(C)C)OC1=O. The Morgan fingerprint density at radius 3 is 2.55 bits per heavy atom. The van der Waals surface area contributed by atoms with Gasteiger partial charge in [0.2, 0.25) is 0 Å². The van der Waals surface area contributed by atoms with Gasteiger partial charge in [-0.05, 0) is 64.4 Å². The lowest BCUT2D eigenvalue weighted by Gasteiger charge is -2.33. The number of hydrogen-bond acceptors (Lipinski definition) is 5. The van der Waals surface area contributed by atoms with Gasteiger partial charge in [0.25, 0.3) is 0 Å². The molecule has 0 unspecified atom stereocenters. The van der Waals surface area contributed by atoms with Crippen molar-refractivity contribution in [2.75, 3.05) is 6.61 Å². The molecular formula is C27H41NO5. The highest BCUT2D eigenvalue weighted by atomic mass is 16.6. The first-order valence-corrected chi connectivity index (χ1v) is 11.9. The van der Waals surface area contributed by atoms with Crippen molar-refractivity contribution in [1.82, 2.24) is 5.32 Å².